The highest BCUT2D eigenvalue weighted by Crippen LogP contribution is 2.26. The Morgan fingerprint density at radius 1 is 1.15 bits per heavy atom. The summed E-state index contributed by atoms with van der Waals surface area (Å²) >= 11 is 0. The lowest BCUT2D eigenvalue weighted by atomic mass is 10.1. The summed E-state index contributed by atoms with van der Waals surface area (Å²) in [4.78, 5) is 31.8. The summed E-state index contributed by atoms with van der Waals surface area (Å²) in [6.07, 6.45) is 0.846. The zero-order valence-corrected chi connectivity index (χ0v) is 15.6. The van der Waals surface area contributed by atoms with Crippen LogP contribution in [0.1, 0.15) is 35.2 Å². The number of aromatic nitrogens is 4. The summed E-state index contributed by atoms with van der Waals surface area (Å²) in [7, 11) is 1.53. The van der Waals surface area contributed by atoms with Gasteiger partial charge in [-0.1, -0.05) is 0 Å². The molecule has 1 N–H and O–H groups in total. The number of likely N-dealkylation sites (tertiary alicyclic amines) is 1. The number of carbonyl (C=O) groups excluding carboxylic acids is 1. The molecule has 1 saturated heterocycles. The standard InChI is InChI=1S/C18H24N6O2/c1-11-7-12(2)21-18(20-11)23-15-8-13(3)19-17(22-15)14-5-6-24(9-14)16(25)10-26-4/h7-8,14H,5-6,9-10H2,1-4H3,(H,19,20,21,22,23). The van der Waals surface area contributed by atoms with Crippen LogP contribution in [0.2, 0.25) is 0 Å². The smallest absolute Gasteiger partial charge is 0.248 e. The van der Waals surface area contributed by atoms with Crippen LogP contribution in [0.25, 0.3) is 0 Å². The van der Waals surface area contributed by atoms with Gasteiger partial charge >= 0.3 is 0 Å². The van der Waals surface area contributed by atoms with Gasteiger partial charge in [0, 0.05) is 49.3 Å². The van der Waals surface area contributed by atoms with E-state index in [1.54, 1.807) is 4.90 Å². The first-order valence-electron chi connectivity index (χ1n) is 8.66. The molecule has 1 atom stereocenters. The highest BCUT2D eigenvalue weighted by Gasteiger charge is 2.29. The van der Waals surface area contributed by atoms with E-state index < -0.39 is 0 Å². The van der Waals surface area contributed by atoms with E-state index in [0.29, 0.717) is 24.9 Å². The molecule has 1 unspecified atom stereocenters. The minimum atomic E-state index is 0.00429. The van der Waals surface area contributed by atoms with Crippen molar-refractivity contribution in [1.29, 1.82) is 0 Å². The molecule has 1 aliphatic rings. The van der Waals surface area contributed by atoms with Crippen molar-refractivity contribution < 1.29 is 9.53 Å². The number of amides is 1. The largest absolute Gasteiger partial charge is 0.375 e. The topological polar surface area (TPSA) is 93.1 Å². The van der Waals surface area contributed by atoms with Gasteiger partial charge in [0.25, 0.3) is 0 Å². The molecular formula is C18H24N6O2. The molecule has 0 radical (unpaired) electrons. The van der Waals surface area contributed by atoms with Crippen LogP contribution in [0.5, 0.6) is 0 Å². The predicted octanol–water partition coefficient (Wildman–Crippen LogP) is 1.90. The van der Waals surface area contributed by atoms with Gasteiger partial charge in [0.15, 0.2) is 0 Å². The Bertz CT molecular complexity index is 790. The molecule has 1 aliphatic heterocycles. The molecule has 138 valence electrons. The van der Waals surface area contributed by atoms with Crippen LogP contribution in [0.3, 0.4) is 0 Å². The number of hydrogen-bond acceptors (Lipinski definition) is 7. The van der Waals surface area contributed by atoms with Crippen molar-refractivity contribution >= 4 is 17.7 Å². The Labute approximate surface area is 153 Å². The number of methoxy groups -OCH3 is 1. The lowest BCUT2D eigenvalue weighted by Gasteiger charge is -2.16. The number of aryl methyl sites for hydroxylation is 3. The quantitative estimate of drug-likeness (QED) is 0.874. The molecule has 8 nitrogen and oxygen atoms in total. The van der Waals surface area contributed by atoms with Crippen molar-refractivity contribution in [1.82, 2.24) is 24.8 Å². The summed E-state index contributed by atoms with van der Waals surface area (Å²) in [5.74, 6) is 2.06. The van der Waals surface area contributed by atoms with E-state index in [4.69, 9.17) is 4.74 Å². The van der Waals surface area contributed by atoms with Gasteiger partial charge in [-0.15, -0.1) is 0 Å². The molecule has 1 fully saturated rings. The van der Waals surface area contributed by atoms with Crippen LogP contribution >= 0.6 is 0 Å². The monoisotopic (exact) mass is 356 g/mol. The third-order valence-corrected chi connectivity index (χ3v) is 4.27. The Morgan fingerprint density at radius 3 is 2.54 bits per heavy atom. The van der Waals surface area contributed by atoms with Gasteiger partial charge in [0.2, 0.25) is 11.9 Å². The number of rotatable bonds is 5. The van der Waals surface area contributed by atoms with Crippen LogP contribution in [0.15, 0.2) is 12.1 Å². The maximum absolute atomic E-state index is 12.0. The number of anilines is 2. The van der Waals surface area contributed by atoms with E-state index in [1.807, 2.05) is 32.9 Å². The Balaban J connectivity index is 1.77. The average molecular weight is 356 g/mol. The van der Waals surface area contributed by atoms with E-state index in [-0.39, 0.29) is 18.4 Å². The summed E-state index contributed by atoms with van der Waals surface area (Å²) in [5.41, 5.74) is 2.66. The van der Waals surface area contributed by atoms with E-state index >= 15 is 0 Å². The second kappa shape index (κ2) is 7.74. The summed E-state index contributed by atoms with van der Waals surface area (Å²) < 4.78 is 4.93. The van der Waals surface area contributed by atoms with E-state index in [1.165, 1.54) is 7.11 Å². The fourth-order valence-corrected chi connectivity index (χ4v) is 3.15. The molecule has 2 aromatic rings. The minimum Gasteiger partial charge on any atom is -0.375 e. The van der Waals surface area contributed by atoms with Crippen LogP contribution in [-0.4, -0.2) is 57.5 Å². The fraction of sp³-hybridized carbons (Fsp3) is 0.500. The second-order valence-corrected chi connectivity index (χ2v) is 6.61. The molecular weight excluding hydrogens is 332 g/mol. The van der Waals surface area contributed by atoms with Crippen molar-refractivity contribution in [3.63, 3.8) is 0 Å². The number of ether oxygens (including phenoxy) is 1. The van der Waals surface area contributed by atoms with Crippen molar-refractivity contribution in [2.24, 2.45) is 0 Å². The zero-order valence-electron chi connectivity index (χ0n) is 15.6. The Morgan fingerprint density at radius 2 is 1.85 bits per heavy atom. The number of nitrogens with zero attached hydrogens (tertiary/aromatic N) is 5. The van der Waals surface area contributed by atoms with Crippen LogP contribution in [0, 0.1) is 20.8 Å². The van der Waals surface area contributed by atoms with Gasteiger partial charge in [0.1, 0.15) is 18.2 Å². The van der Waals surface area contributed by atoms with Crippen molar-refractivity contribution in [3.05, 3.63) is 35.0 Å². The molecule has 26 heavy (non-hydrogen) atoms. The second-order valence-electron chi connectivity index (χ2n) is 6.61. The van der Waals surface area contributed by atoms with Gasteiger partial charge in [-0.3, -0.25) is 4.79 Å². The zero-order chi connectivity index (χ0) is 18.7. The fourth-order valence-electron chi connectivity index (χ4n) is 3.15. The molecule has 0 saturated carbocycles. The molecule has 0 aromatic carbocycles. The molecule has 2 aromatic heterocycles. The van der Waals surface area contributed by atoms with E-state index in [0.717, 1.165) is 29.3 Å². The van der Waals surface area contributed by atoms with E-state index in [2.05, 4.69) is 25.3 Å². The summed E-state index contributed by atoms with van der Waals surface area (Å²) in [6.45, 7) is 7.22. The van der Waals surface area contributed by atoms with Gasteiger partial charge in [-0.2, -0.15) is 0 Å². The van der Waals surface area contributed by atoms with Crippen LogP contribution in [-0.2, 0) is 9.53 Å². The average Bonchev–Trinajstić information content (AvgIpc) is 3.03. The number of nitrogens with one attached hydrogen (secondary N) is 1. The summed E-state index contributed by atoms with van der Waals surface area (Å²) in [6, 6.07) is 3.79. The Hall–Kier alpha value is -2.61. The third kappa shape index (κ3) is 4.32. The van der Waals surface area contributed by atoms with Crippen molar-refractivity contribution in [3.8, 4) is 0 Å². The van der Waals surface area contributed by atoms with Crippen molar-refractivity contribution in [2.45, 2.75) is 33.1 Å². The molecule has 8 heteroatoms. The molecule has 0 spiro atoms. The van der Waals surface area contributed by atoms with Gasteiger partial charge in [0.05, 0.1) is 0 Å². The van der Waals surface area contributed by atoms with E-state index in [9.17, 15) is 4.79 Å². The SMILES string of the molecule is COCC(=O)N1CCC(c2nc(C)cc(Nc3nc(C)cc(C)n3)n2)C1. The molecule has 0 bridgehead atoms. The normalized spacial score (nSPS) is 16.8. The maximum atomic E-state index is 12.0. The highest BCUT2D eigenvalue weighted by molar-refractivity contribution is 5.77. The predicted molar refractivity (Wildman–Crippen MR) is 97.4 cm³/mol. The minimum absolute atomic E-state index is 0.00429. The van der Waals surface area contributed by atoms with Gasteiger partial charge in [-0.25, -0.2) is 19.9 Å². The lowest BCUT2D eigenvalue weighted by molar-refractivity contribution is -0.134. The van der Waals surface area contributed by atoms with Gasteiger partial charge in [-0.05, 0) is 33.3 Å². The molecule has 3 rings (SSSR count). The van der Waals surface area contributed by atoms with Crippen LogP contribution < -0.4 is 5.32 Å². The third-order valence-electron chi connectivity index (χ3n) is 4.27. The highest BCUT2D eigenvalue weighted by atomic mass is 16.5. The summed E-state index contributed by atoms with van der Waals surface area (Å²) in [5, 5.41) is 3.17. The first-order valence-corrected chi connectivity index (χ1v) is 8.66. The molecule has 0 aliphatic carbocycles. The van der Waals surface area contributed by atoms with Crippen LogP contribution in [0.4, 0.5) is 11.8 Å². The lowest BCUT2D eigenvalue weighted by Crippen LogP contribution is -2.31. The molecule has 3 heterocycles. The molecule has 1 amide bonds. The number of hydrogen-bond donors (Lipinski definition) is 1. The first kappa shape index (κ1) is 18.2. The van der Waals surface area contributed by atoms with Gasteiger partial charge < -0.3 is 15.0 Å². The van der Waals surface area contributed by atoms with Crippen molar-refractivity contribution in [2.75, 3.05) is 32.1 Å². The number of carbonyl (C=O) groups is 1. The Kier molecular flexibility index (Phi) is 5.41. The first-order chi connectivity index (χ1) is 12.4. The maximum Gasteiger partial charge on any atom is 0.248 e.